The highest BCUT2D eigenvalue weighted by molar-refractivity contribution is 6.07. The number of hydrogen-bond acceptors (Lipinski definition) is 6. The Hall–Kier alpha value is -3.87. The first kappa shape index (κ1) is 20.4. The van der Waals surface area contributed by atoms with Crippen molar-refractivity contribution in [2.24, 2.45) is 0 Å². The summed E-state index contributed by atoms with van der Waals surface area (Å²) in [5.41, 5.74) is 4.16. The Kier molecular flexibility index (Phi) is 5.58. The number of fused-ring (bicyclic) bond motifs is 1. The SMILES string of the molecule is C=CCN1CCc2cc(-c3nn(-c4ccccc4)c(C(=O)OC)c3C(=O)OC)ccc21. The van der Waals surface area contributed by atoms with E-state index < -0.39 is 11.9 Å². The van der Waals surface area contributed by atoms with Gasteiger partial charge in [0.05, 0.1) is 19.9 Å². The van der Waals surface area contributed by atoms with E-state index in [2.05, 4.69) is 16.6 Å². The molecule has 0 radical (unpaired) electrons. The molecule has 0 aliphatic carbocycles. The van der Waals surface area contributed by atoms with Crippen LogP contribution in [0.5, 0.6) is 0 Å². The van der Waals surface area contributed by atoms with Crippen LogP contribution in [0.1, 0.15) is 26.4 Å². The summed E-state index contributed by atoms with van der Waals surface area (Å²) in [6.07, 6.45) is 2.76. The Morgan fingerprint density at radius 2 is 1.84 bits per heavy atom. The number of rotatable bonds is 6. The molecule has 158 valence electrons. The number of carbonyl (C=O) groups is 2. The molecule has 0 saturated carbocycles. The van der Waals surface area contributed by atoms with E-state index in [1.807, 2.05) is 42.5 Å². The third-order valence-corrected chi connectivity index (χ3v) is 5.35. The van der Waals surface area contributed by atoms with Crippen LogP contribution in [0.4, 0.5) is 5.69 Å². The van der Waals surface area contributed by atoms with Gasteiger partial charge in [-0.2, -0.15) is 5.10 Å². The standard InChI is InChI=1S/C24H23N3O4/c1-4-13-26-14-12-16-15-17(10-11-19(16)26)21-20(23(28)30-2)22(24(29)31-3)27(25-21)18-8-6-5-7-9-18/h4-11,15H,1,12-14H2,2-3H3. The lowest BCUT2D eigenvalue weighted by atomic mass is 10.0. The third kappa shape index (κ3) is 3.59. The fraction of sp³-hybridized carbons (Fsp3) is 0.208. The van der Waals surface area contributed by atoms with Crippen LogP contribution >= 0.6 is 0 Å². The Labute approximate surface area is 180 Å². The van der Waals surface area contributed by atoms with Gasteiger partial charge in [-0.25, -0.2) is 14.3 Å². The fourth-order valence-electron chi connectivity index (χ4n) is 3.92. The maximum atomic E-state index is 12.8. The van der Waals surface area contributed by atoms with Crippen LogP contribution < -0.4 is 4.90 Å². The average Bonchev–Trinajstić information content (AvgIpc) is 3.40. The Balaban J connectivity index is 1.92. The first-order valence-electron chi connectivity index (χ1n) is 9.93. The highest BCUT2D eigenvalue weighted by atomic mass is 16.5. The first-order valence-corrected chi connectivity index (χ1v) is 9.93. The van der Waals surface area contributed by atoms with Gasteiger partial charge in [0.2, 0.25) is 0 Å². The molecule has 1 aliphatic heterocycles. The Morgan fingerprint density at radius 3 is 2.52 bits per heavy atom. The predicted molar refractivity (Wildman–Crippen MR) is 118 cm³/mol. The minimum Gasteiger partial charge on any atom is -0.465 e. The quantitative estimate of drug-likeness (QED) is 0.450. The van der Waals surface area contributed by atoms with E-state index in [4.69, 9.17) is 9.47 Å². The van der Waals surface area contributed by atoms with Gasteiger partial charge >= 0.3 is 11.9 Å². The van der Waals surface area contributed by atoms with Crippen molar-refractivity contribution in [1.29, 1.82) is 0 Å². The monoisotopic (exact) mass is 417 g/mol. The molecule has 7 heteroatoms. The van der Waals surface area contributed by atoms with Gasteiger partial charge in [0, 0.05) is 24.3 Å². The van der Waals surface area contributed by atoms with E-state index in [9.17, 15) is 9.59 Å². The van der Waals surface area contributed by atoms with Crippen LogP contribution in [0.2, 0.25) is 0 Å². The number of anilines is 1. The van der Waals surface area contributed by atoms with Crippen molar-refractivity contribution in [3.63, 3.8) is 0 Å². The molecule has 0 amide bonds. The summed E-state index contributed by atoms with van der Waals surface area (Å²) in [6.45, 7) is 5.49. The second-order valence-corrected chi connectivity index (χ2v) is 7.13. The second kappa shape index (κ2) is 8.47. The van der Waals surface area contributed by atoms with Crippen molar-refractivity contribution in [1.82, 2.24) is 9.78 Å². The maximum Gasteiger partial charge on any atom is 0.357 e. The van der Waals surface area contributed by atoms with E-state index in [-0.39, 0.29) is 11.3 Å². The number of aromatic nitrogens is 2. The number of hydrogen-bond donors (Lipinski definition) is 0. The lowest BCUT2D eigenvalue weighted by Crippen LogP contribution is -2.19. The molecule has 3 aromatic rings. The average molecular weight is 417 g/mol. The van der Waals surface area contributed by atoms with Crippen LogP contribution in [-0.2, 0) is 15.9 Å². The van der Waals surface area contributed by atoms with Crippen LogP contribution in [-0.4, -0.2) is 49.0 Å². The van der Waals surface area contributed by atoms with Crippen molar-refractivity contribution >= 4 is 17.6 Å². The van der Waals surface area contributed by atoms with Crippen molar-refractivity contribution in [3.05, 3.63) is 78.0 Å². The van der Waals surface area contributed by atoms with E-state index in [0.29, 0.717) is 11.4 Å². The fourth-order valence-corrected chi connectivity index (χ4v) is 3.92. The number of ether oxygens (including phenoxy) is 2. The van der Waals surface area contributed by atoms with Gasteiger partial charge in [0.25, 0.3) is 0 Å². The van der Waals surface area contributed by atoms with Crippen molar-refractivity contribution in [2.45, 2.75) is 6.42 Å². The number of methoxy groups -OCH3 is 2. The molecule has 0 spiro atoms. The Morgan fingerprint density at radius 1 is 1.10 bits per heavy atom. The molecule has 2 heterocycles. The molecule has 4 rings (SSSR count). The van der Waals surface area contributed by atoms with Crippen LogP contribution in [0, 0.1) is 0 Å². The van der Waals surface area contributed by atoms with Crippen molar-refractivity contribution in [3.8, 4) is 16.9 Å². The summed E-state index contributed by atoms with van der Waals surface area (Å²) in [5, 5.41) is 4.65. The molecule has 0 fully saturated rings. The van der Waals surface area contributed by atoms with Gasteiger partial charge in [-0.15, -0.1) is 6.58 Å². The zero-order valence-electron chi connectivity index (χ0n) is 17.5. The van der Waals surface area contributed by atoms with Crippen LogP contribution in [0.15, 0.2) is 61.2 Å². The lowest BCUT2D eigenvalue weighted by molar-refractivity contribution is 0.0549. The van der Waals surface area contributed by atoms with Gasteiger partial charge in [-0.3, -0.25) is 0 Å². The number of esters is 2. The molecule has 0 unspecified atom stereocenters. The van der Waals surface area contributed by atoms with Crippen molar-refractivity contribution < 1.29 is 19.1 Å². The summed E-state index contributed by atoms with van der Waals surface area (Å²) in [7, 11) is 2.55. The van der Waals surface area contributed by atoms with Gasteiger partial charge < -0.3 is 14.4 Å². The molecule has 0 bridgehead atoms. The molecule has 2 aromatic carbocycles. The molecule has 0 saturated heterocycles. The van der Waals surface area contributed by atoms with E-state index in [1.54, 1.807) is 12.1 Å². The molecule has 0 N–H and O–H groups in total. The van der Waals surface area contributed by atoms with E-state index in [0.717, 1.165) is 36.3 Å². The molecule has 0 atom stereocenters. The molecule has 1 aromatic heterocycles. The predicted octanol–water partition coefficient (Wildman–Crippen LogP) is 3.66. The molecule has 7 nitrogen and oxygen atoms in total. The normalized spacial score (nSPS) is 12.4. The zero-order chi connectivity index (χ0) is 22.0. The highest BCUT2D eigenvalue weighted by Crippen LogP contribution is 2.35. The number of benzene rings is 2. The van der Waals surface area contributed by atoms with Gasteiger partial charge in [0.15, 0.2) is 5.69 Å². The summed E-state index contributed by atoms with van der Waals surface area (Å²) >= 11 is 0. The van der Waals surface area contributed by atoms with Crippen LogP contribution in [0.3, 0.4) is 0 Å². The minimum absolute atomic E-state index is 0.0318. The summed E-state index contributed by atoms with van der Waals surface area (Å²) in [5.74, 6) is -1.31. The maximum absolute atomic E-state index is 12.8. The largest absolute Gasteiger partial charge is 0.465 e. The summed E-state index contributed by atoms with van der Waals surface area (Å²) in [6, 6.07) is 15.1. The number of carbonyl (C=O) groups excluding carboxylic acids is 2. The van der Waals surface area contributed by atoms with E-state index in [1.165, 1.54) is 18.9 Å². The summed E-state index contributed by atoms with van der Waals surface area (Å²) in [4.78, 5) is 27.7. The second-order valence-electron chi connectivity index (χ2n) is 7.13. The molecular weight excluding hydrogens is 394 g/mol. The lowest BCUT2D eigenvalue weighted by Gasteiger charge is -2.17. The number of nitrogens with zero attached hydrogens (tertiary/aromatic N) is 3. The molecular formula is C24H23N3O4. The smallest absolute Gasteiger partial charge is 0.357 e. The topological polar surface area (TPSA) is 73.7 Å². The van der Waals surface area contributed by atoms with Gasteiger partial charge in [-0.1, -0.05) is 30.3 Å². The van der Waals surface area contributed by atoms with E-state index >= 15 is 0 Å². The van der Waals surface area contributed by atoms with Crippen LogP contribution in [0.25, 0.3) is 16.9 Å². The highest BCUT2D eigenvalue weighted by Gasteiger charge is 2.32. The molecule has 31 heavy (non-hydrogen) atoms. The van der Waals surface area contributed by atoms with Crippen molar-refractivity contribution in [2.75, 3.05) is 32.2 Å². The third-order valence-electron chi connectivity index (χ3n) is 5.35. The van der Waals surface area contributed by atoms with Gasteiger partial charge in [-0.05, 0) is 36.2 Å². The first-order chi connectivity index (χ1) is 15.1. The number of para-hydroxylation sites is 1. The minimum atomic E-state index is -0.665. The zero-order valence-corrected chi connectivity index (χ0v) is 17.5. The molecule has 1 aliphatic rings. The van der Waals surface area contributed by atoms with Gasteiger partial charge in [0.1, 0.15) is 11.3 Å². The summed E-state index contributed by atoms with van der Waals surface area (Å²) < 4.78 is 11.4. The Bertz CT molecular complexity index is 1150.